The van der Waals surface area contributed by atoms with Crippen LogP contribution in [0.25, 0.3) is 0 Å². The Hall–Kier alpha value is -3.16. The van der Waals surface area contributed by atoms with Crippen LogP contribution in [0.2, 0.25) is 0 Å². The van der Waals surface area contributed by atoms with Crippen molar-refractivity contribution in [3.05, 3.63) is 47.3 Å². The van der Waals surface area contributed by atoms with Gasteiger partial charge in [0, 0.05) is 18.9 Å². The van der Waals surface area contributed by atoms with Crippen LogP contribution in [0.1, 0.15) is 31.2 Å². The maximum absolute atomic E-state index is 12.1. The van der Waals surface area contributed by atoms with Crippen molar-refractivity contribution in [2.75, 3.05) is 19.5 Å². The van der Waals surface area contributed by atoms with Crippen LogP contribution in [0.5, 0.6) is 0 Å². The van der Waals surface area contributed by atoms with Gasteiger partial charge in [0.15, 0.2) is 5.69 Å². The lowest BCUT2D eigenvalue weighted by atomic mass is 10.1. The third-order valence-electron chi connectivity index (χ3n) is 2.98. The molecule has 0 atom stereocenters. The number of anilines is 1. The van der Waals surface area contributed by atoms with Gasteiger partial charge in [0.25, 0.3) is 5.91 Å². The van der Waals surface area contributed by atoms with Crippen molar-refractivity contribution in [2.24, 2.45) is 7.05 Å². The van der Waals surface area contributed by atoms with Crippen LogP contribution >= 0.6 is 0 Å². The summed E-state index contributed by atoms with van der Waals surface area (Å²) in [5.74, 6) is -1.74. The third kappa shape index (κ3) is 3.73. The van der Waals surface area contributed by atoms with Gasteiger partial charge in [-0.3, -0.25) is 9.48 Å². The fourth-order valence-corrected chi connectivity index (χ4v) is 1.90. The van der Waals surface area contributed by atoms with Crippen LogP contribution < -0.4 is 5.32 Å². The Labute approximate surface area is 132 Å². The van der Waals surface area contributed by atoms with Gasteiger partial charge >= 0.3 is 11.9 Å². The summed E-state index contributed by atoms with van der Waals surface area (Å²) < 4.78 is 10.8. The van der Waals surface area contributed by atoms with Crippen molar-refractivity contribution in [3.8, 4) is 0 Å². The summed E-state index contributed by atoms with van der Waals surface area (Å²) in [5.41, 5.74) is 0.693. The van der Waals surface area contributed by atoms with Crippen LogP contribution in [0.3, 0.4) is 0 Å². The predicted molar refractivity (Wildman–Crippen MR) is 80.3 cm³/mol. The van der Waals surface area contributed by atoms with E-state index in [-0.39, 0.29) is 22.5 Å². The molecule has 0 fully saturated rings. The number of amides is 1. The van der Waals surface area contributed by atoms with Crippen LogP contribution in [0.4, 0.5) is 5.69 Å². The first-order valence-electron chi connectivity index (χ1n) is 6.57. The smallest absolute Gasteiger partial charge is 0.337 e. The normalized spacial score (nSPS) is 10.0. The SMILES string of the molecule is COC(=O)c1cc(NC(=O)c2ccn(C)n2)cc(C(=O)OC)c1. The van der Waals surface area contributed by atoms with Crippen molar-refractivity contribution in [3.63, 3.8) is 0 Å². The standard InChI is InChI=1S/C15H15N3O5/c1-18-5-4-12(17-18)13(19)16-11-7-9(14(20)22-2)6-10(8-11)15(21)23-3/h4-8H,1-3H3,(H,16,19). The molecule has 1 heterocycles. The average Bonchev–Trinajstić information content (AvgIpc) is 2.99. The summed E-state index contributed by atoms with van der Waals surface area (Å²) in [6.45, 7) is 0. The summed E-state index contributed by atoms with van der Waals surface area (Å²) in [5, 5.41) is 6.56. The predicted octanol–water partition coefficient (Wildman–Crippen LogP) is 1.25. The lowest BCUT2D eigenvalue weighted by molar-refractivity contribution is 0.0599. The van der Waals surface area contributed by atoms with E-state index in [4.69, 9.17) is 0 Å². The van der Waals surface area contributed by atoms with E-state index in [0.29, 0.717) is 0 Å². The lowest BCUT2D eigenvalue weighted by Gasteiger charge is -2.08. The van der Waals surface area contributed by atoms with Gasteiger partial charge in [-0.15, -0.1) is 0 Å². The Bertz CT molecular complexity index is 732. The molecule has 0 bridgehead atoms. The number of nitrogens with one attached hydrogen (secondary N) is 1. The Balaban J connectivity index is 2.34. The fraction of sp³-hybridized carbons (Fsp3) is 0.200. The van der Waals surface area contributed by atoms with E-state index in [0.717, 1.165) is 0 Å². The summed E-state index contributed by atoms with van der Waals surface area (Å²) in [7, 11) is 4.13. The number of nitrogens with zero attached hydrogens (tertiary/aromatic N) is 2. The molecule has 0 unspecified atom stereocenters. The second-order valence-electron chi connectivity index (χ2n) is 4.61. The zero-order chi connectivity index (χ0) is 17.0. The highest BCUT2D eigenvalue weighted by Crippen LogP contribution is 2.17. The van der Waals surface area contributed by atoms with E-state index >= 15 is 0 Å². The number of carbonyl (C=O) groups is 3. The molecular formula is C15H15N3O5. The number of carbonyl (C=O) groups excluding carboxylic acids is 3. The van der Waals surface area contributed by atoms with Crippen molar-refractivity contribution in [2.45, 2.75) is 0 Å². The highest BCUT2D eigenvalue weighted by molar-refractivity contribution is 6.04. The summed E-state index contributed by atoms with van der Waals surface area (Å²) in [4.78, 5) is 35.5. The fourth-order valence-electron chi connectivity index (χ4n) is 1.90. The van der Waals surface area contributed by atoms with Crippen molar-refractivity contribution in [1.29, 1.82) is 0 Å². The molecule has 1 aromatic carbocycles. The van der Waals surface area contributed by atoms with Crippen LogP contribution in [0, 0.1) is 0 Å². The number of aryl methyl sites for hydroxylation is 1. The van der Waals surface area contributed by atoms with Gasteiger partial charge in [-0.25, -0.2) is 9.59 Å². The maximum Gasteiger partial charge on any atom is 0.337 e. The molecule has 1 aromatic heterocycles. The molecule has 0 spiro atoms. The van der Waals surface area contributed by atoms with E-state index in [1.54, 1.807) is 19.3 Å². The van der Waals surface area contributed by atoms with Crippen LogP contribution in [-0.2, 0) is 16.5 Å². The summed E-state index contributed by atoms with van der Waals surface area (Å²) >= 11 is 0. The Morgan fingerprint density at radius 2 is 1.61 bits per heavy atom. The van der Waals surface area contributed by atoms with Gasteiger partial charge in [0.2, 0.25) is 0 Å². The Kier molecular flexibility index (Phi) is 4.75. The second kappa shape index (κ2) is 6.73. The molecule has 0 aliphatic rings. The molecular weight excluding hydrogens is 302 g/mol. The number of aromatic nitrogens is 2. The molecule has 0 radical (unpaired) electrons. The van der Waals surface area contributed by atoms with Crippen molar-refractivity contribution in [1.82, 2.24) is 9.78 Å². The molecule has 120 valence electrons. The van der Waals surface area contributed by atoms with E-state index in [1.807, 2.05) is 0 Å². The molecule has 8 nitrogen and oxygen atoms in total. The van der Waals surface area contributed by atoms with Gasteiger partial charge in [0.05, 0.1) is 25.3 Å². The van der Waals surface area contributed by atoms with Crippen LogP contribution in [-0.4, -0.2) is 41.8 Å². The molecule has 1 N–H and O–H groups in total. The number of ether oxygens (including phenoxy) is 2. The molecule has 2 aromatic rings. The number of rotatable bonds is 4. The van der Waals surface area contributed by atoms with Crippen molar-refractivity contribution < 1.29 is 23.9 Å². The molecule has 2 rings (SSSR count). The molecule has 23 heavy (non-hydrogen) atoms. The van der Waals surface area contributed by atoms with Gasteiger partial charge < -0.3 is 14.8 Å². The minimum Gasteiger partial charge on any atom is -0.465 e. The number of methoxy groups -OCH3 is 2. The number of esters is 2. The van der Waals surface area contributed by atoms with E-state index < -0.39 is 17.8 Å². The largest absolute Gasteiger partial charge is 0.465 e. The van der Waals surface area contributed by atoms with Gasteiger partial charge in [-0.1, -0.05) is 0 Å². The minimum absolute atomic E-state index is 0.117. The summed E-state index contributed by atoms with van der Waals surface area (Å²) in [6, 6.07) is 5.67. The zero-order valence-corrected chi connectivity index (χ0v) is 12.8. The number of hydrogen-bond acceptors (Lipinski definition) is 6. The first kappa shape index (κ1) is 16.2. The molecule has 1 amide bonds. The molecule has 8 heteroatoms. The summed E-state index contributed by atoms with van der Waals surface area (Å²) in [6.07, 6.45) is 1.62. The van der Waals surface area contributed by atoms with Gasteiger partial charge in [-0.2, -0.15) is 5.10 Å². The van der Waals surface area contributed by atoms with Crippen LogP contribution in [0.15, 0.2) is 30.5 Å². The number of benzene rings is 1. The third-order valence-corrected chi connectivity index (χ3v) is 2.98. The quantitative estimate of drug-likeness (QED) is 0.852. The molecule has 0 saturated carbocycles. The molecule has 0 aliphatic carbocycles. The Morgan fingerprint density at radius 1 is 1.04 bits per heavy atom. The molecule has 0 saturated heterocycles. The second-order valence-corrected chi connectivity index (χ2v) is 4.61. The molecule has 0 aliphatic heterocycles. The first-order valence-corrected chi connectivity index (χ1v) is 6.57. The minimum atomic E-state index is -0.635. The number of hydrogen-bond donors (Lipinski definition) is 1. The van der Waals surface area contributed by atoms with E-state index in [9.17, 15) is 14.4 Å². The maximum atomic E-state index is 12.1. The lowest BCUT2D eigenvalue weighted by Crippen LogP contribution is -2.15. The first-order chi connectivity index (χ1) is 10.9. The van der Waals surface area contributed by atoms with Gasteiger partial charge in [-0.05, 0) is 24.3 Å². The average molecular weight is 317 g/mol. The highest BCUT2D eigenvalue weighted by atomic mass is 16.5. The Morgan fingerprint density at radius 3 is 2.04 bits per heavy atom. The van der Waals surface area contributed by atoms with Gasteiger partial charge in [0.1, 0.15) is 0 Å². The monoisotopic (exact) mass is 317 g/mol. The van der Waals surface area contributed by atoms with E-state index in [2.05, 4.69) is 19.9 Å². The van der Waals surface area contributed by atoms with Crippen molar-refractivity contribution >= 4 is 23.5 Å². The van der Waals surface area contributed by atoms with E-state index in [1.165, 1.54) is 37.1 Å². The topological polar surface area (TPSA) is 99.5 Å². The zero-order valence-electron chi connectivity index (χ0n) is 12.8. The highest BCUT2D eigenvalue weighted by Gasteiger charge is 2.16.